The molecule has 0 bridgehead atoms. The van der Waals surface area contributed by atoms with Crippen LogP contribution in [0.15, 0.2) is 70.3 Å². The molecule has 0 radical (unpaired) electrons. The van der Waals surface area contributed by atoms with Crippen molar-refractivity contribution in [3.8, 4) is 6.07 Å². The Kier molecular flexibility index (Phi) is 15.1. The number of benzene rings is 2. The van der Waals surface area contributed by atoms with E-state index < -0.39 is 5.97 Å². The predicted molar refractivity (Wildman–Crippen MR) is 228 cm³/mol. The van der Waals surface area contributed by atoms with Gasteiger partial charge in [-0.25, -0.2) is 9.97 Å². The van der Waals surface area contributed by atoms with E-state index in [0.717, 1.165) is 37.8 Å². The Morgan fingerprint density at radius 3 is 1.82 bits per heavy atom. The summed E-state index contributed by atoms with van der Waals surface area (Å²) in [5, 5.41) is 30.6. The van der Waals surface area contributed by atoms with Crippen LogP contribution < -0.4 is 26.2 Å². The lowest BCUT2D eigenvalue weighted by atomic mass is 10.2. The Morgan fingerprint density at radius 2 is 1.30 bits per heavy atom. The van der Waals surface area contributed by atoms with E-state index in [4.69, 9.17) is 16.9 Å². The largest absolute Gasteiger partial charge is 0.481 e. The molecule has 4 aromatic heterocycles. The number of anilines is 2. The number of nitrogens with zero attached hydrogens (tertiary/aromatic N) is 11. The average Bonchev–Trinajstić information content (AvgIpc) is 3.84. The second kappa shape index (κ2) is 20.6. The summed E-state index contributed by atoms with van der Waals surface area (Å²) in [6, 6.07) is 19.8. The van der Waals surface area contributed by atoms with Gasteiger partial charge in [0.15, 0.2) is 11.6 Å². The number of piperazine rings is 2. The van der Waals surface area contributed by atoms with Crippen molar-refractivity contribution in [3.63, 3.8) is 0 Å². The van der Waals surface area contributed by atoms with Crippen LogP contribution >= 0.6 is 12.4 Å². The van der Waals surface area contributed by atoms with E-state index in [-0.39, 0.29) is 42.3 Å². The van der Waals surface area contributed by atoms with E-state index in [9.17, 15) is 19.2 Å². The van der Waals surface area contributed by atoms with Gasteiger partial charge >= 0.3 is 5.97 Å². The van der Waals surface area contributed by atoms with Crippen LogP contribution in [-0.2, 0) is 36.5 Å². The first-order valence-electron chi connectivity index (χ1n) is 19.0. The van der Waals surface area contributed by atoms with Crippen LogP contribution in [0.25, 0.3) is 26.7 Å². The van der Waals surface area contributed by atoms with Crippen molar-refractivity contribution in [3.05, 3.63) is 110 Å². The third-order valence-electron chi connectivity index (χ3n) is 9.81. The maximum atomic E-state index is 12.6. The number of fused-ring (bicyclic) bond motifs is 2. The van der Waals surface area contributed by atoms with Crippen LogP contribution in [0.4, 0.5) is 17.5 Å². The van der Waals surface area contributed by atoms with E-state index >= 15 is 0 Å². The molecule has 312 valence electrons. The zero-order chi connectivity index (χ0) is 41.9. The van der Waals surface area contributed by atoms with Crippen LogP contribution in [-0.4, -0.2) is 114 Å². The van der Waals surface area contributed by atoms with Crippen molar-refractivity contribution >= 4 is 63.5 Å². The molecule has 0 spiro atoms. The molecule has 20 heteroatoms. The summed E-state index contributed by atoms with van der Waals surface area (Å²) in [4.78, 5) is 70.2. The SMILES string of the molecule is Cl.Cn1nc(N2CCN(C(=O)CCc3nc4ccccc4c(=O)[nH]3)CC2)cc1C#N.O=C(O)CCc1nc2ccccc2c(=O)[nH]1.[C-]#[N+]c1cc(N2CCNCC2)nn1C. The molecule has 2 aliphatic heterocycles. The van der Waals surface area contributed by atoms with E-state index in [1.807, 2.05) is 17.0 Å². The number of carboxylic acids is 1. The van der Waals surface area contributed by atoms with Crippen molar-refractivity contribution < 1.29 is 14.7 Å². The van der Waals surface area contributed by atoms with Gasteiger partial charge in [0.25, 0.3) is 16.9 Å². The second-order valence-electron chi connectivity index (χ2n) is 13.8. The number of halogens is 1. The lowest BCUT2D eigenvalue weighted by Gasteiger charge is -2.34. The molecule has 8 rings (SSSR count). The zero-order valence-electron chi connectivity index (χ0n) is 33.2. The van der Waals surface area contributed by atoms with Gasteiger partial charge in [0.1, 0.15) is 23.4 Å². The number of carbonyl (C=O) groups is 2. The molecule has 6 aromatic rings. The van der Waals surface area contributed by atoms with Gasteiger partial charge in [-0.15, -0.1) is 12.4 Å². The van der Waals surface area contributed by atoms with Gasteiger partial charge < -0.3 is 39.9 Å². The number of aromatic nitrogens is 8. The lowest BCUT2D eigenvalue weighted by molar-refractivity contribution is -0.137. The Balaban J connectivity index is 0.000000186. The minimum absolute atomic E-state index is 0. The number of amides is 1. The zero-order valence-corrected chi connectivity index (χ0v) is 34.0. The number of aryl methyl sites for hydroxylation is 4. The van der Waals surface area contributed by atoms with Crippen LogP contribution in [0.2, 0.25) is 0 Å². The van der Waals surface area contributed by atoms with Crippen LogP contribution in [0.3, 0.4) is 0 Å². The number of carbonyl (C=O) groups excluding carboxylic acids is 1. The van der Waals surface area contributed by atoms with Crippen molar-refractivity contribution in [1.82, 2.24) is 49.7 Å². The highest BCUT2D eigenvalue weighted by atomic mass is 35.5. The molecule has 6 heterocycles. The number of rotatable bonds is 8. The van der Waals surface area contributed by atoms with Crippen molar-refractivity contribution in [2.75, 3.05) is 62.2 Å². The first-order chi connectivity index (χ1) is 28.5. The smallest absolute Gasteiger partial charge is 0.303 e. The predicted octanol–water partition coefficient (Wildman–Crippen LogP) is 2.55. The second-order valence-corrected chi connectivity index (χ2v) is 13.8. The highest BCUT2D eigenvalue weighted by Crippen LogP contribution is 2.20. The molecule has 0 atom stereocenters. The third kappa shape index (κ3) is 11.1. The van der Waals surface area contributed by atoms with E-state index in [1.165, 1.54) is 0 Å². The van der Waals surface area contributed by atoms with Crippen LogP contribution in [0.5, 0.6) is 0 Å². The molecule has 2 saturated heterocycles. The van der Waals surface area contributed by atoms with Gasteiger partial charge in [-0.05, 0) is 24.3 Å². The summed E-state index contributed by atoms with van der Waals surface area (Å²) in [6.45, 7) is 13.4. The molecular weight excluding hydrogens is 792 g/mol. The van der Waals surface area contributed by atoms with Gasteiger partial charge in [0.2, 0.25) is 5.91 Å². The number of aromatic amines is 2. The number of H-pyrrole nitrogens is 2. The molecule has 2 aliphatic rings. The molecule has 4 N–H and O–H groups in total. The van der Waals surface area contributed by atoms with Crippen molar-refractivity contribution in [1.29, 1.82) is 5.26 Å². The Morgan fingerprint density at radius 1 is 0.783 bits per heavy atom. The fourth-order valence-electron chi connectivity index (χ4n) is 6.61. The first kappa shape index (κ1) is 44.0. The Bertz CT molecular complexity index is 2640. The molecular formula is C40H45ClN14O5. The summed E-state index contributed by atoms with van der Waals surface area (Å²) in [5.74, 6) is 2.34. The van der Waals surface area contributed by atoms with Gasteiger partial charge in [0, 0.05) is 90.8 Å². The Hall–Kier alpha value is -7.09. The number of nitrogens with one attached hydrogen (secondary N) is 3. The van der Waals surface area contributed by atoms with Crippen molar-refractivity contribution in [2.24, 2.45) is 14.1 Å². The average molecular weight is 837 g/mol. The Labute approximate surface area is 350 Å². The molecule has 60 heavy (non-hydrogen) atoms. The third-order valence-corrected chi connectivity index (χ3v) is 9.81. The van der Waals surface area contributed by atoms with Crippen molar-refractivity contribution in [2.45, 2.75) is 25.7 Å². The fraction of sp³-hybridized carbons (Fsp3) is 0.350. The van der Waals surface area contributed by atoms with Crippen LogP contribution in [0.1, 0.15) is 30.2 Å². The molecule has 19 nitrogen and oxygen atoms in total. The molecule has 2 aromatic carbocycles. The summed E-state index contributed by atoms with van der Waals surface area (Å²) in [6.07, 6.45) is 0.880. The molecule has 0 saturated carbocycles. The molecule has 0 unspecified atom stereocenters. The molecule has 1 amide bonds. The summed E-state index contributed by atoms with van der Waals surface area (Å²) < 4.78 is 3.19. The van der Waals surface area contributed by atoms with Gasteiger partial charge in [0.05, 0.1) is 35.3 Å². The lowest BCUT2D eigenvalue weighted by Crippen LogP contribution is -2.49. The highest BCUT2D eigenvalue weighted by molar-refractivity contribution is 5.85. The number of carboxylic acid groups (broad SMARTS) is 1. The number of hydrogen-bond donors (Lipinski definition) is 4. The standard InChI is InChI=1S/C20H21N7O2.C11H10N2O3.C9H13N5.ClH/c1-25-14(13-21)12-18(24-25)26-8-10-27(11-9-26)19(28)7-6-17-22-16-5-3-2-4-15(16)20(29)23-17;14-10(15)6-5-9-12-8-4-2-1-3-7(8)11(16)13-9;1-10-8-7-9(12-13(8)2)14-5-3-11-4-6-14;/h2-5,12H,6-11H2,1H3,(H,22,23,29);1-4H,5-6H2,(H,14,15)(H,12,13,16);7,11H,3-6H2,2H3;1H. The summed E-state index contributed by atoms with van der Waals surface area (Å²) in [7, 11) is 3.55. The monoisotopic (exact) mass is 836 g/mol. The minimum atomic E-state index is -0.907. The van der Waals surface area contributed by atoms with Gasteiger partial charge in [-0.3, -0.25) is 23.9 Å². The topological polar surface area (TPSA) is 231 Å². The fourth-order valence-corrected chi connectivity index (χ4v) is 6.61. The maximum absolute atomic E-state index is 12.6. The van der Waals surface area contributed by atoms with Gasteiger partial charge in [-0.2, -0.15) is 15.0 Å². The first-order valence-corrected chi connectivity index (χ1v) is 19.0. The normalized spacial score (nSPS) is 13.6. The number of nitriles is 1. The number of hydrogen-bond acceptors (Lipinski definition) is 12. The molecule has 0 aliphatic carbocycles. The van der Waals surface area contributed by atoms with E-state index in [0.29, 0.717) is 84.0 Å². The minimum Gasteiger partial charge on any atom is -0.481 e. The maximum Gasteiger partial charge on any atom is 0.303 e. The number of aliphatic carboxylic acids is 1. The molecule has 2 fully saturated rings. The van der Waals surface area contributed by atoms with Gasteiger partial charge in [-0.1, -0.05) is 35.9 Å². The quantitative estimate of drug-likeness (QED) is 0.162. The van der Waals surface area contributed by atoms with E-state index in [1.54, 1.807) is 72.0 Å². The van der Waals surface area contributed by atoms with Crippen LogP contribution in [0, 0.1) is 17.9 Å². The summed E-state index contributed by atoms with van der Waals surface area (Å²) in [5.41, 5.74) is 1.33. The number of para-hydroxylation sites is 2. The highest BCUT2D eigenvalue weighted by Gasteiger charge is 2.23. The van der Waals surface area contributed by atoms with E-state index in [2.05, 4.69) is 56.2 Å². The summed E-state index contributed by atoms with van der Waals surface area (Å²) >= 11 is 0.